The summed E-state index contributed by atoms with van der Waals surface area (Å²) in [5.74, 6) is -1.33. The van der Waals surface area contributed by atoms with E-state index in [-0.39, 0.29) is 29.7 Å². The second-order valence-corrected chi connectivity index (χ2v) is 8.77. The van der Waals surface area contributed by atoms with E-state index in [1.807, 2.05) is 51.1 Å². The van der Waals surface area contributed by atoms with E-state index in [0.717, 1.165) is 11.1 Å². The number of nitrogens with zero attached hydrogens (tertiary/aromatic N) is 2. The predicted molar refractivity (Wildman–Crippen MR) is 124 cm³/mol. The number of carboxylic acids is 1. The van der Waals surface area contributed by atoms with Crippen molar-refractivity contribution in [1.29, 1.82) is 5.26 Å². The molecule has 1 aromatic heterocycles. The number of nitriles is 1. The van der Waals surface area contributed by atoms with Crippen LogP contribution in [-0.2, 0) is 16.6 Å². The highest BCUT2D eigenvalue weighted by Crippen LogP contribution is 2.53. The summed E-state index contributed by atoms with van der Waals surface area (Å²) in [5, 5.41) is 26.2. The molecule has 4 rings (SSSR count). The first kappa shape index (κ1) is 23.1. The number of aliphatic carboxylic acids is 1. The van der Waals surface area contributed by atoms with Gasteiger partial charge in [-0.25, -0.2) is 4.39 Å². The van der Waals surface area contributed by atoms with E-state index in [2.05, 4.69) is 16.3 Å². The summed E-state index contributed by atoms with van der Waals surface area (Å²) < 4.78 is 20.8. The molecule has 1 aliphatic heterocycles. The second kappa shape index (κ2) is 8.67. The summed E-state index contributed by atoms with van der Waals surface area (Å²) >= 11 is 0. The quantitative estimate of drug-likeness (QED) is 0.495. The molecule has 34 heavy (non-hydrogen) atoms. The summed E-state index contributed by atoms with van der Waals surface area (Å²) in [7, 11) is 0. The smallest absolute Gasteiger partial charge is 0.303 e. The third-order valence-corrected chi connectivity index (χ3v) is 6.37. The zero-order chi connectivity index (χ0) is 24.6. The van der Waals surface area contributed by atoms with E-state index in [9.17, 15) is 10.1 Å². The second-order valence-electron chi connectivity index (χ2n) is 8.77. The highest BCUT2D eigenvalue weighted by atomic mass is 19.1. The molecule has 3 aromatic rings. The predicted octanol–water partition coefficient (Wildman–Crippen LogP) is 4.57. The third-order valence-electron chi connectivity index (χ3n) is 6.37. The number of hydrogen-bond acceptors (Lipinski definition) is 5. The van der Waals surface area contributed by atoms with Gasteiger partial charge in [0.1, 0.15) is 17.5 Å². The van der Waals surface area contributed by atoms with Crippen LogP contribution in [0.3, 0.4) is 0 Å². The highest BCUT2D eigenvalue weighted by Gasteiger charge is 2.50. The molecule has 2 aromatic carbocycles. The number of aromatic amines is 1. The van der Waals surface area contributed by atoms with Crippen molar-refractivity contribution in [3.8, 4) is 23.1 Å². The Kier molecular flexibility index (Phi) is 5.88. The topological polar surface area (TPSA) is 125 Å². The number of H-pyrrole nitrogens is 1. The van der Waals surface area contributed by atoms with Gasteiger partial charge in [0.25, 0.3) is 0 Å². The lowest BCUT2D eigenvalue weighted by Crippen LogP contribution is -2.41. The maximum absolute atomic E-state index is 15.1. The lowest BCUT2D eigenvalue weighted by molar-refractivity contribution is -0.136. The van der Waals surface area contributed by atoms with Crippen LogP contribution < -0.4 is 10.5 Å². The van der Waals surface area contributed by atoms with Crippen LogP contribution >= 0.6 is 0 Å². The molecule has 0 amide bonds. The van der Waals surface area contributed by atoms with Crippen molar-refractivity contribution in [2.45, 2.75) is 39.0 Å². The molecule has 0 unspecified atom stereocenters. The lowest BCUT2D eigenvalue weighted by atomic mass is 9.61. The van der Waals surface area contributed by atoms with Crippen LogP contribution in [0.2, 0.25) is 0 Å². The number of aryl methyl sites for hydroxylation is 2. The molecule has 7 nitrogen and oxygen atoms in total. The molecule has 0 saturated heterocycles. The fourth-order valence-electron chi connectivity index (χ4n) is 4.90. The molecule has 174 valence electrons. The van der Waals surface area contributed by atoms with Crippen molar-refractivity contribution in [2.24, 2.45) is 11.7 Å². The summed E-state index contributed by atoms with van der Waals surface area (Å²) in [5.41, 5.74) is 9.39. The van der Waals surface area contributed by atoms with Gasteiger partial charge in [-0.1, -0.05) is 38.1 Å². The summed E-state index contributed by atoms with van der Waals surface area (Å²) in [6.07, 6.45) is 0.375. The van der Waals surface area contributed by atoms with Crippen molar-refractivity contribution in [1.82, 2.24) is 10.2 Å². The van der Waals surface area contributed by atoms with E-state index in [4.69, 9.17) is 15.6 Å². The Hall–Kier alpha value is -4.12. The summed E-state index contributed by atoms with van der Waals surface area (Å²) in [4.78, 5) is 11.0. The van der Waals surface area contributed by atoms with Crippen LogP contribution in [-0.4, -0.2) is 21.3 Å². The zero-order valence-corrected chi connectivity index (χ0v) is 19.1. The fraction of sp³-hybridized carbons (Fsp3) is 0.269. The molecule has 2 heterocycles. The number of benzene rings is 2. The van der Waals surface area contributed by atoms with Gasteiger partial charge in [0.2, 0.25) is 11.8 Å². The number of fused-ring (bicyclic) bond motifs is 1. The first-order valence-corrected chi connectivity index (χ1v) is 10.9. The van der Waals surface area contributed by atoms with Gasteiger partial charge < -0.3 is 15.6 Å². The standard InChI is InChI=1S/C26H25FN4O3/c1-14(2)26(21(13-28)24(29)34-25-23(26)15(3)30-31-25)19-10-18(11-20(27)12-19)17-6-4-5-16(9-17)7-8-22(32)33/h4-6,9-12,14H,7-8,29H2,1-3H3,(H,30,31)(H,32,33)/t26-/m0/s1. The normalized spacial score (nSPS) is 17.3. The van der Waals surface area contributed by atoms with E-state index in [1.54, 1.807) is 0 Å². The Balaban J connectivity index is 1.95. The Morgan fingerprint density at radius 2 is 2.06 bits per heavy atom. The first-order valence-electron chi connectivity index (χ1n) is 10.9. The number of allylic oxidation sites excluding steroid dienone is 1. The number of rotatable bonds is 6. The van der Waals surface area contributed by atoms with Gasteiger partial charge in [0.15, 0.2) is 0 Å². The number of carboxylic acid groups (broad SMARTS) is 1. The minimum Gasteiger partial charge on any atom is -0.481 e. The van der Waals surface area contributed by atoms with E-state index in [1.165, 1.54) is 12.1 Å². The van der Waals surface area contributed by atoms with Crippen molar-refractivity contribution >= 4 is 5.97 Å². The summed E-state index contributed by atoms with van der Waals surface area (Å²) in [6, 6.07) is 14.3. The van der Waals surface area contributed by atoms with E-state index >= 15 is 4.39 Å². The molecule has 0 saturated carbocycles. The zero-order valence-electron chi connectivity index (χ0n) is 19.1. The molecule has 4 N–H and O–H groups in total. The minimum atomic E-state index is -1.08. The van der Waals surface area contributed by atoms with Crippen LogP contribution in [0, 0.1) is 30.0 Å². The number of hydrogen-bond donors (Lipinski definition) is 3. The van der Waals surface area contributed by atoms with Gasteiger partial charge in [-0.15, -0.1) is 5.10 Å². The molecular formula is C26H25FN4O3. The number of ether oxygens (including phenoxy) is 1. The van der Waals surface area contributed by atoms with Gasteiger partial charge >= 0.3 is 5.97 Å². The minimum absolute atomic E-state index is 0.00641. The van der Waals surface area contributed by atoms with Crippen LogP contribution in [0.4, 0.5) is 4.39 Å². The number of carbonyl (C=O) groups is 1. The molecule has 8 heteroatoms. The van der Waals surface area contributed by atoms with Gasteiger partial charge in [0.05, 0.1) is 11.0 Å². The van der Waals surface area contributed by atoms with Crippen molar-refractivity contribution in [3.63, 3.8) is 0 Å². The number of aromatic nitrogens is 2. The van der Waals surface area contributed by atoms with Gasteiger partial charge in [0, 0.05) is 12.1 Å². The van der Waals surface area contributed by atoms with Gasteiger partial charge in [-0.2, -0.15) is 5.26 Å². The fourth-order valence-corrected chi connectivity index (χ4v) is 4.90. The van der Waals surface area contributed by atoms with Crippen LogP contribution in [0.1, 0.15) is 42.7 Å². The Morgan fingerprint density at radius 3 is 2.74 bits per heavy atom. The van der Waals surface area contributed by atoms with Crippen molar-refractivity contribution < 1.29 is 19.0 Å². The molecular weight excluding hydrogens is 435 g/mol. The average molecular weight is 461 g/mol. The molecule has 0 spiro atoms. The van der Waals surface area contributed by atoms with Gasteiger partial charge in [-0.3, -0.25) is 9.89 Å². The molecule has 0 aliphatic carbocycles. The number of halogens is 1. The average Bonchev–Trinajstić information content (AvgIpc) is 3.16. The van der Waals surface area contributed by atoms with Crippen molar-refractivity contribution in [3.05, 3.63) is 82.1 Å². The molecule has 1 aliphatic rings. The Morgan fingerprint density at radius 1 is 1.29 bits per heavy atom. The van der Waals surface area contributed by atoms with Gasteiger partial charge in [-0.05, 0) is 59.7 Å². The maximum atomic E-state index is 15.1. The number of nitrogens with one attached hydrogen (secondary N) is 1. The molecule has 0 bridgehead atoms. The SMILES string of the molecule is Cc1[nH]nc2c1[C@](c1cc(F)cc(-c3cccc(CCC(=O)O)c3)c1)(C(C)C)C(C#N)=C(N)O2. The van der Waals surface area contributed by atoms with Crippen LogP contribution in [0.15, 0.2) is 53.9 Å². The Bertz CT molecular complexity index is 1350. The van der Waals surface area contributed by atoms with Crippen LogP contribution in [0.5, 0.6) is 5.88 Å². The van der Waals surface area contributed by atoms with Crippen LogP contribution in [0.25, 0.3) is 11.1 Å². The highest BCUT2D eigenvalue weighted by molar-refractivity contribution is 5.70. The molecule has 0 radical (unpaired) electrons. The molecule has 1 atom stereocenters. The maximum Gasteiger partial charge on any atom is 0.303 e. The van der Waals surface area contributed by atoms with E-state index < -0.39 is 17.2 Å². The number of nitrogens with two attached hydrogens (primary N) is 1. The largest absolute Gasteiger partial charge is 0.481 e. The third kappa shape index (κ3) is 3.69. The molecule has 0 fully saturated rings. The monoisotopic (exact) mass is 460 g/mol. The summed E-state index contributed by atoms with van der Waals surface area (Å²) in [6.45, 7) is 5.72. The van der Waals surface area contributed by atoms with Crippen molar-refractivity contribution in [2.75, 3.05) is 0 Å². The van der Waals surface area contributed by atoms with E-state index in [0.29, 0.717) is 28.8 Å². The lowest BCUT2D eigenvalue weighted by Gasteiger charge is -2.41. The Labute approximate surface area is 196 Å². The first-order chi connectivity index (χ1) is 16.2.